The lowest BCUT2D eigenvalue weighted by molar-refractivity contribution is -0.124. The first-order chi connectivity index (χ1) is 11.5. The standard InChI is InChI=1S/C17H14Cl3NO3/c18-12-3-1-11(2-4-12)7-8-21-16(22)10-24-17(23)14-9-13(19)5-6-15(14)20/h1-6,9H,7-8,10H2,(H,21,22). The Morgan fingerprint density at radius 3 is 2.33 bits per heavy atom. The lowest BCUT2D eigenvalue weighted by Gasteiger charge is -2.08. The van der Waals surface area contributed by atoms with Crippen LogP contribution in [0.15, 0.2) is 42.5 Å². The zero-order valence-electron chi connectivity index (χ0n) is 12.5. The molecule has 0 aliphatic rings. The summed E-state index contributed by atoms with van der Waals surface area (Å²) < 4.78 is 4.93. The number of hydrogen-bond acceptors (Lipinski definition) is 3. The van der Waals surface area contributed by atoms with E-state index in [2.05, 4.69) is 5.32 Å². The minimum Gasteiger partial charge on any atom is -0.452 e. The molecule has 1 N–H and O–H groups in total. The molecular weight excluding hydrogens is 373 g/mol. The van der Waals surface area contributed by atoms with E-state index in [1.165, 1.54) is 12.1 Å². The highest BCUT2D eigenvalue weighted by molar-refractivity contribution is 6.35. The first kappa shape index (κ1) is 18.6. The highest BCUT2D eigenvalue weighted by Gasteiger charge is 2.14. The van der Waals surface area contributed by atoms with Crippen molar-refractivity contribution in [3.8, 4) is 0 Å². The molecule has 1 amide bonds. The average molecular weight is 387 g/mol. The smallest absolute Gasteiger partial charge is 0.340 e. The van der Waals surface area contributed by atoms with Crippen molar-refractivity contribution in [1.82, 2.24) is 5.32 Å². The number of ether oxygens (including phenoxy) is 1. The SMILES string of the molecule is O=C(COC(=O)c1cc(Cl)ccc1Cl)NCCc1ccc(Cl)cc1. The van der Waals surface area contributed by atoms with Crippen LogP contribution in [0, 0.1) is 0 Å². The van der Waals surface area contributed by atoms with Crippen LogP contribution in [0.3, 0.4) is 0 Å². The Morgan fingerprint density at radius 1 is 0.958 bits per heavy atom. The largest absolute Gasteiger partial charge is 0.452 e. The van der Waals surface area contributed by atoms with Gasteiger partial charge in [0.25, 0.3) is 5.91 Å². The molecule has 0 aliphatic carbocycles. The molecule has 0 fully saturated rings. The third kappa shape index (κ3) is 5.71. The second-order valence-corrected chi connectivity index (χ2v) is 6.21. The number of halogens is 3. The molecule has 0 radical (unpaired) electrons. The van der Waals surface area contributed by atoms with Gasteiger partial charge in [0.05, 0.1) is 10.6 Å². The van der Waals surface area contributed by atoms with E-state index in [-0.39, 0.29) is 17.2 Å². The summed E-state index contributed by atoms with van der Waals surface area (Å²) in [5.41, 5.74) is 1.17. The van der Waals surface area contributed by atoms with Gasteiger partial charge < -0.3 is 10.1 Å². The number of esters is 1. The summed E-state index contributed by atoms with van der Waals surface area (Å²) in [7, 11) is 0. The number of amides is 1. The Balaban J connectivity index is 1.75. The first-order valence-electron chi connectivity index (χ1n) is 7.09. The van der Waals surface area contributed by atoms with E-state index in [1.807, 2.05) is 12.1 Å². The highest BCUT2D eigenvalue weighted by atomic mass is 35.5. The molecule has 0 unspecified atom stereocenters. The minimum atomic E-state index is -0.699. The molecule has 0 atom stereocenters. The molecular formula is C17H14Cl3NO3. The molecule has 0 spiro atoms. The Labute approximate surface area is 154 Å². The summed E-state index contributed by atoms with van der Waals surface area (Å²) >= 11 is 17.5. The first-order valence-corrected chi connectivity index (χ1v) is 8.22. The van der Waals surface area contributed by atoms with Crippen LogP contribution >= 0.6 is 34.8 Å². The molecule has 0 heterocycles. The van der Waals surface area contributed by atoms with E-state index >= 15 is 0 Å². The lowest BCUT2D eigenvalue weighted by Crippen LogP contribution is -2.30. The summed E-state index contributed by atoms with van der Waals surface area (Å²) in [6.07, 6.45) is 0.650. The maximum absolute atomic E-state index is 11.9. The molecule has 4 nitrogen and oxygen atoms in total. The van der Waals surface area contributed by atoms with E-state index in [0.717, 1.165) is 5.56 Å². The Kier molecular flexibility index (Phi) is 6.91. The number of rotatable bonds is 6. The van der Waals surface area contributed by atoms with E-state index < -0.39 is 11.9 Å². The van der Waals surface area contributed by atoms with Gasteiger partial charge in [-0.05, 0) is 42.3 Å². The van der Waals surface area contributed by atoms with Crippen LogP contribution in [-0.4, -0.2) is 25.0 Å². The summed E-state index contributed by atoms with van der Waals surface area (Å²) in [6, 6.07) is 11.8. The van der Waals surface area contributed by atoms with Gasteiger partial charge in [0.1, 0.15) is 0 Å². The van der Waals surface area contributed by atoms with Crippen molar-refractivity contribution >= 4 is 46.7 Å². The average Bonchev–Trinajstić information content (AvgIpc) is 2.56. The van der Waals surface area contributed by atoms with E-state index in [0.29, 0.717) is 23.0 Å². The number of hydrogen-bond donors (Lipinski definition) is 1. The highest BCUT2D eigenvalue weighted by Crippen LogP contribution is 2.21. The predicted octanol–water partition coefficient (Wildman–Crippen LogP) is 4.16. The molecule has 0 aliphatic heterocycles. The van der Waals surface area contributed by atoms with Gasteiger partial charge in [-0.1, -0.05) is 46.9 Å². The molecule has 0 aromatic heterocycles. The summed E-state index contributed by atoms with van der Waals surface area (Å²) in [4.78, 5) is 23.6. The van der Waals surface area contributed by atoms with Crippen molar-refractivity contribution < 1.29 is 14.3 Å². The summed E-state index contributed by atoms with van der Waals surface area (Å²) in [5.74, 6) is -1.09. The van der Waals surface area contributed by atoms with Gasteiger partial charge in [-0.25, -0.2) is 4.79 Å². The van der Waals surface area contributed by atoms with Gasteiger partial charge in [0, 0.05) is 16.6 Å². The van der Waals surface area contributed by atoms with Crippen LogP contribution in [-0.2, 0) is 16.0 Å². The van der Waals surface area contributed by atoms with Gasteiger partial charge in [-0.2, -0.15) is 0 Å². The Bertz CT molecular complexity index is 732. The number of carbonyl (C=O) groups excluding carboxylic acids is 2. The van der Waals surface area contributed by atoms with Crippen molar-refractivity contribution in [3.63, 3.8) is 0 Å². The second-order valence-electron chi connectivity index (χ2n) is 4.93. The molecule has 126 valence electrons. The van der Waals surface area contributed by atoms with Gasteiger partial charge in [0.2, 0.25) is 0 Å². The van der Waals surface area contributed by atoms with E-state index in [1.54, 1.807) is 18.2 Å². The number of benzene rings is 2. The molecule has 0 bridgehead atoms. The third-order valence-corrected chi connectivity index (χ3v) is 3.95. The molecule has 24 heavy (non-hydrogen) atoms. The van der Waals surface area contributed by atoms with Crippen molar-refractivity contribution in [3.05, 3.63) is 68.7 Å². The monoisotopic (exact) mass is 385 g/mol. The predicted molar refractivity (Wildman–Crippen MR) is 94.9 cm³/mol. The summed E-state index contributed by atoms with van der Waals surface area (Å²) in [5, 5.41) is 3.91. The van der Waals surface area contributed by atoms with Crippen molar-refractivity contribution in [1.29, 1.82) is 0 Å². The Morgan fingerprint density at radius 2 is 1.62 bits per heavy atom. The van der Waals surface area contributed by atoms with Gasteiger partial charge in [-0.15, -0.1) is 0 Å². The van der Waals surface area contributed by atoms with Crippen LogP contribution in [0.1, 0.15) is 15.9 Å². The van der Waals surface area contributed by atoms with Crippen molar-refractivity contribution in [2.75, 3.05) is 13.2 Å². The number of nitrogens with one attached hydrogen (secondary N) is 1. The lowest BCUT2D eigenvalue weighted by atomic mass is 10.1. The topological polar surface area (TPSA) is 55.4 Å². The van der Waals surface area contributed by atoms with Gasteiger partial charge in [-0.3, -0.25) is 4.79 Å². The van der Waals surface area contributed by atoms with Crippen molar-refractivity contribution in [2.45, 2.75) is 6.42 Å². The quantitative estimate of drug-likeness (QED) is 0.758. The van der Waals surface area contributed by atoms with Crippen LogP contribution in [0.2, 0.25) is 15.1 Å². The normalized spacial score (nSPS) is 10.3. The van der Waals surface area contributed by atoms with Crippen LogP contribution in [0.25, 0.3) is 0 Å². The molecule has 7 heteroatoms. The van der Waals surface area contributed by atoms with Crippen molar-refractivity contribution in [2.24, 2.45) is 0 Å². The third-order valence-electron chi connectivity index (χ3n) is 3.13. The molecule has 0 saturated heterocycles. The van der Waals surface area contributed by atoms with E-state index in [4.69, 9.17) is 39.5 Å². The maximum Gasteiger partial charge on any atom is 0.340 e. The fourth-order valence-corrected chi connectivity index (χ4v) is 2.40. The summed E-state index contributed by atoms with van der Waals surface area (Å²) in [6.45, 7) is 0.0399. The maximum atomic E-state index is 11.9. The number of carbonyl (C=O) groups is 2. The minimum absolute atomic E-state index is 0.123. The second kappa shape index (κ2) is 8.92. The van der Waals surface area contributed by atoms with Crippen LogP contribution < -0.4 is 5.32 Å². The molecule has 0 saturated carbocycles. The van der Waals surface area contributed by atoms with Gasteiger partial charge in [0.15, 0.2) is 6.61 Å². The fraction of sp³-hybridized carbons (Fsp3) is 0.176. The van der Waals surface area contributed by atoms with Crippen LogP contribution in [0.4, 0.5) is 0 Å². The van der Waals surface area contributed by atoms with Crippen LogP contribution in [0.5, 0.6) is 0 Å². The van der Waals surface area contributed by atoms with Gasteiger partial charge >= 0.3 is 5.97 Å². The molecule has 2 aromatic rings. The Hall–Kier alpha value is -1.75. The zero-order valence-corrected chi connectivity index (χ0v) is 14.8. The zero-order chi connectivity index (χ0) is 17.5. The van der Waals surface area contributed by atoms with E-state index in [9.17, 15) is 9.59 Å². The molecule has 2 rings (SSSR count). The fourth-order valence-electron chi connectivity index (χ4n) is 1.91. The molecule has 2 aromatic carbocycles.